The third kappa shape index (κ3) is 3.52. The van der Waals surface area contributed by atoms with Crippen molar-refractivity contribution in [2.45, 2.75) is 37.4 Å². The fourth-order valence-electron chi connectivity index (χ4n) is 2.88. The highest BCUT2D eigenvalue weighted by Gasteiger charge is 2.24. The van der Waals surface area contributed by atoms with Gasteiger partial charge in [-0.05, 0) is 38.3 Å². The van der Waals surface area contributed by atoms with Crippen molar-refractivity contribution in [2.24, 2.45) is 0 Å². The average Bonchev–Trinajstić information content (AvgIpc) is 2.94. The summed E-state index contributed by atoms with van der Waals surface area (Å²) in [6.45, 7) is 2.93. The topological polar surface area (TPSA) is 77.0 Å². The predicted octanol–water partition coefficient (Wildman–Crippen LogP) is 2.81. The van der Waals surface area contributed by atoms with Gasteiger partial charge in [-0.2, -0.15) is 0 Å². The average molecular weight is 366 g/mol. The number of thioether (sulfide) groups is 1. The zero-order valence-corrected chi connectivity index (χ0v) is 15.1. The zero-order chi connectivity index (χ0) is 17.1. The van der Waals surface area contributed by atoms with E-state index in [0.717, 1.165) is 24.9 Å². The molecule has 1 aromatic carbocycles. The molecule has 0 aliphatic carbocycles. The Bertz CT molecular complexity index is 735. The Balaban J connectivity index is 1.69. The number of carbonyl (C=O) groups excluding carboxylic acids is 1. The third-order valence-electron chi connectivity index (χ3n) is 4.23. The monoisotopic (exact) mass is 365 g/mol. The van der Waals surface area contributed by atoms with E-state index in [1.54, 1.807) is 6.07 Å². The molecule has 0 bridgehead atoms. The van der Waals surface area contributed by atoms with Crippen LogP contribution in [0.1, 0.15) is 26.2 Å². The van der Waals surface area contributed by atoms with Crippen molar-refractivity contribution < 1.29 is 4.79 Å². The number of nitrogen functional groups attached to an aromatic ring is 1. The number of nitrogens with zero attached hydrogens (tertiary/aromatic N) is 4. The Morgan fingerprint density at radius 1 is 1.38 bits per heavy atom. The van der Waals surface area contributed by atoms with E-state index in [2.05, 4.69) is 17.1 Å². The van der Waals surface area contributed by atoms with E-state index < -0.39 is 0 Å². The molecule has 1 atom stereocenters. The van der Waals surface area contributed by atoms with Gasteiger partial charge in [-0.25, -0.2) is 4.68 Å². The summed E-state index contributed by atoms with van der Waals surface area (Å²) in [7, 11) is 0. The van der Waals surface area contributed by atoms with Gasteiger partial charge in [-0.15, -0.1) is 10.2 Å². The summed E-state index contributed by atoms with van der Waals surface area (Å²) in [4.78, 5) is 14.4. The van der Waals surface area contributed by atoms with Crippen LogP contribution in [0.15, 0.2) is 29.4 Å². The molecule has 1 saturated heterocycles. The fourth-order valence-corrected chi connectivity index (χ4v) is 3.84. The summed E-state index contributed by atoms with van der Waals surface area (Å²) in [5.41, 5.74) is 0.719. The van der Waals surface area contributed by atoms with Gasteiger partial charge in [0.1, 0.15) is 0 Å². The van der Waals surface area contributed by atoms with Gasteiger partial charge in [0.05, 0.1) is 10.8 Å². The lowest BCUT2D eigenvalue weighted by Crippen LogP contribution is -2.43. The van der Waals surface area contributed by atoms with Crippen LogP contribution < -0.4 is 5.84 Å². The van der Waals surface area contributed by atoms with Gasteiger partial charge < -0.3 is 10.7 Å². The van der Waals surface area contributed by atoms with E-state index in [0.29, 0.717) is 27.8 Å². The van der Waals surface area contributed by atoms with Crippen LogP contribution in [0.4, 0.5) is 0 Å². The van der Waals surface area contributed by atoms with Gasteiger partial charge in [0, 0.05) is 18.2 Å². The van der Waals surface area contributed by atoms with Crippen LogP contribution in [-0.4, -0.2) is 44.0 Å². The first kappa shape index (κ1) is 17.1. The minimum absolute atomic E-state index is 0.120. The van der Waals surface area contributed by atoms with Gasteiger partial charge in [-0.1, -0.05) is 35.5 Å². The normalized spacial score (nSPS) is 17.9. The maximum Gasteiger partial charge on any atom is 0.233 e. The molecule has 24 heavy (non-hydrogen) atoms. The van der Waals surface area contributed by atoms with E-state index in [1.807, 2.05) is 23.1 Å². The van der Waals surface area contributed by atoms with Crippen LogP contribution in [-0.2, 0) is 4.79 Å². The van der Waals surface area contributed by atoms with Crippen LogP contribution in [0.3, 0.4) is 0 Å². The molecule has 1 amide bonds. The van der Waals surface area contributed by atoms with Crippen LogP contribution in [0.5, 0.6) is 0 Å². The Hall–Kier alpha value is -1.73. The number of halogens is 1. The second-order valence-corrected chi connectivity index (χ2v) is 7.23. The first-order valence-corrected chi connectivity index (χ1v) is 9.32. The minimum atomic E-state index is 0.120. The number of likely N-dealkylation sites (tertiary alicyclic amines) is 1. The number of amides is 1. The van der Waals surface area contributed by atoms with Crippen molar-refractivity contribution in [3.63, 3.8) is 0 Å². The maximum atomic E-state index is 12.4. The lowest BCUT2D eigenvalue weighted by atomic mass is 10.0. The summed E-state index contributed by atoms with van der Waals surface area (Å²) < 4.78 is 1.39. The molecule has 1 aromatic heterocycles. The number of carbonyl (C=O) groups is 1. The summed E-state index contributed by atoms with van der Waals surface area (Å²) in [5.74, 6) is 7.00. The maximum absolute atomic E-state index is 12.4. The van der Waals surface area contributed by atoms with Crippen LogP contribution in [0, 0.1) is 0 Å². The van der Waals surface area contributed by atoms with Crippen molar-refractivity contribution in [3.8, 4) is 11.4 Å². The molecule has 2 N–H and O–H groups in total. The van der Waals surface area contributed by atoms with Gasteiger partial charge >= 0.3 is 0 Å². The Labute approximate surface area is 150 Å². The zero-order valence-electron chi connectivity index (χ0n) is 13.5. The molecule has 8 heteroatoms. The fraction of sp³-hybridized carbons (Fsp3) is 0.438. The Kier molecular flexibility index (Phi) is 5.30. The number of hydrogen-bond acceptors (Lipinski definition) is 5. The number of rotatable bonds is 4. The van der Waals surface area contributed by atoms with Crippen LogP contribution >= 0.6 is 23.4 Å². The van der Waals surface area contributed by atoms with E-state index in [-0.39, 0.29) is 5.91 Å². The highest BCUT2D eigenvalue weighted by molar-refractivity contribution is 7.99. The lowest BCUT2D eigenvalue weighted by molar-refractivity contribution is -0.131. The van der Waals surface area contributed by atoms with Crippen LogP contribution in [0.2, 0.25) is 5.02 Å². The van der Waals surface area contributed by atoms with Gasteiger partial charge in [-0.3, -0.25) is 4.79 Å². The standard InChI is InChI=1S/C16H20ClN5OS/c1-11-6-4-5-9-21(11)14(23)10-24-16-20-19-15(22(16)18)12-7-2-3-8-13(12)17/h2-3,7-8,11H,4-6,9-10,18H2,1H3. The van der Waals surface area contributed by atoms with E-state index in [1.165, 1.54) is 22.9 Å². The smallest absolute Gasteiger partial charge is 0.233 e. The van der Waals surface area contributed by atoms with Gasteiger partial charge in [0.2, 0.25) is 11.1 Å². The molecule has 1 aliphatic heterocycles. The van der Waals surface area contributed by atoms with Crippen molar-refractivity contribution in [2.75, 3.05) is 18.1 Å². The summed E-state index contributed by atoms with van der Waals surface area (Å²) in [6.07, 6.45) is 3.33. The molecular weight excluding hydrogens is 346 g/mol. The highest BCUT2D eigenvalue weighted by atomic mass is 35.5. The molecule has 128 valence electrons. The molecule has 1 aliphatic rings. The molecule has 0 radical (unpaired) electrons. The minimum Gasteiger partial charge on any atom is -0.339 e. The number of hydrogen-bond donors (Lipinski definition) is 1. The number of nitrogens with two attached hydrogens (primary N) is 1. The van der Waals surface area contributed by atoms with Gasteiger partial charge in [0.15, 0.2) is 5.82 Å². The summed E-state index contributed by atoms with van der Waals surface area (Å²) >= 11 is 7.48. The molecule has 6 nitrogen and oxygen atoms in total. The van der Waals surface area contributed by atoms with Crippen molar-refractivity contribution in [3.05, 3.63) is 29.3 Å². The van der Waals surface area contributed by atoms with E-state index >= 15 is 0 Å². The second kappa shape index (κ2) is 7.44. The molecule has 2 aromatic rings. The third-order valence-corrected chi connectivity index (χ3v) is 5.48. The SMILES string of the molecule is CC1CCCCN1C(=O)CSc1nnc(-c2ccccc2Cl)n1N. The molecular formula is C16H20ClN5OS. The molecule has 1 fully saturated rings. The van der Waals surface area contributed by atoms with Crippen molar-refractivity contribution in [1.82, 2.24) is 19.8 Å². The quantitative estimate of drug-likeness (QED) is 0.666. The second-order valence-electron chi connectivity index (χ2n) is 5.88. The van der Waals surface area contributed by atoms with Crippen molar-refractivity contribution in [1.29, 1.82) is 0 Å². The first-order valence-electron chi connectivity index (χ1n) is 7.95. The van der Waals surface area contributed by atoms with E-state index in [9.17, 15) is 4.79 Å². The summed E-state index contributed by atoms with van der Waals surface area (Å²) in [5, 5.41) is 9.27. The molecule has 0 spiro atoms. The lowest BCUT2D eigenvalue weighted by Gasteiger charge is -2.33. The van der Waals surface area contributed by atoms with Crippen LogP contribution in [0.25, 0.3) is 11.4 Å². The first-order chi connectivity index (χ1) is 11.6. The van der Waals surface area contributed by atoms with Gasteiger partial charge in [0.25, 0.3) is 0 Å². The molecule has 0 saturated carbocycles. The summed E-state index contributed by atoms with van der Waals surface area (Å²) in [6, 6.07) is 7.63. The van der Waals surface area contributed by atoms with E-state index in [4.69, 9.17) is 17.4 Å². The number of aromatic nitrogens is 3. The molecule has 3 rings (SSSR count). The highest BCUT2D eigenvalue weighted by Crippen LogP contribution is 2.28. The van der Waals surface area contributed by atoms with Crippen molar-refractivity contribution >= 4 is 29.3 Å². The number of piperidine rings is 1. The molecule has 1 unspecified atom stereocenters. The number of benzene rings is 1. The Morgan fingerprint density at radius 2 is 2.17 bits per heavy atom. The predicted molar refractivity (Wildman–Crippen MR) is 96.4 cm³/mol. The largest absolute Gasteiger partial charge is 0.339 e. The molecule has 2 heterocycles. The Morgan fingerprint density at radius 3 is 2.92 bits per heavy atom.